The number of thiophene rings is 2. The van der Waals surface area contributed by atoms with Crippen molar-refractivity contribution in [3.63, 3.8) is 0 Å². The summed E-state index contributed by atoms with van der Waals surface area (Å²) in [5, 5.41) is 14.7. The highest BCUT2D eigenvalue weighted by Gasteiger charge is 2.19. The van der Waals surface area contributed by atoms with Crippen LogP contribution in [-0.2, 0) is 0 Å². The van der Waals surface area contributed by atoms with Gasteiger partial charge < -0.3 is 11.1 Å². The molecule has 4 aromatic rings. The van der Waals surface area contributed by atoms with Gasteiger partial charge in [0, 0.05) is 27.1 Å². The van der Waals surface area contributed by atoms with E-state index < -0.39 is 16.7 Å². The molecule has 7 nitrogen and oxygen atoms in total. The van der Waals surface area contributed by atoms with Gasteiger partial charge in [-0.05, 0) is 23.8 Å². The molecule has 0 bridgehead atoms. The van der Waals surface area contributed by atoms with Crippen molar-refractivity contribution in [1.29, 1.82) is 0 Å². The Morgan fingerprint density at radius 2 is 1.76 bits per heavy atom. The van der Waals surface area contributed by atoms with Crippen molar-refractivity contribution < 1.29 is 14.5 Å². The quantitative estimate of drug-likeness (QED) is 0.351. The van der Waals surface area contributed by atoms with Crippen LogP contribution in [0.3, 0.4) is 0 Å². The monoisotopic (exact) mass is 423 g/mol. The first-order chi connectivity index (χ1) is 13.9. The molecule has 0 aliphatic rings. The predicted octanol–water partition coefficient (Wildman–Crippen LogP) is 4.89. The molecule has 2 heterocycles. The normalized spacial score (nSPS) is 10.8. The summed E-state index contributed by atoms with van der Waals surface area (Å²) in [4.78, 5) is 36.2. The number of benzene rings is 2. The van der Waals surface area contributed by atoms with Crippen molar-refractivity contribution in [1.82, 2.24) is 0 Å². The predicted molar refractivity (Wildman–Crippen MR) is 115 cm³/mol. The standard InChI is InChI=1S/C20H13N3O4S2/c21-18(24)14-10-16(11-4-2-1-3-5-11)29-20(14)22-19(25)17-9-12-8-13(23(26)27)6-7-15(12)28-17/h1-10H,(H2,21,24)(H,22,25). The molecule has 3 N–H and O–H groups in total. The first-order valence-corrected chi connectivity index (χ1v) is 10.0. The molecular weight excluding hydrogens is 410 g/mol. The molecule has 0 radical (unpaired) electrons. The molecule has 0 spiro atoms. The molecule has 2 amide bonds. The number of carbonyl (C=O) groups is 2. The maximum atomic E-state index is 12.7. The lowest BCUT2D eigenvalue weighted by Crippen LogP contribution is -2.15. The SMILES string of the molecule is NC(=O)c1cc(-c2ccccc2)sc1NC(=O)c1cc2cc([N+](=O)[O-])ccc2s1. The van der Waals surface area contributed by atoms with E-state index in [9.17, 15) is 19.7 Å². The van der Waals surface area contributed by atoms with Gasteiger partial charge in [-0.1, -0.05) is 30.3 Å². The minimum absolute atomic E-state index is 0.0379. The zero-order valence-corrected chi connectivity index (χ0v) is 16.4. The summed E-state index contributed by atoms with van der Waals surface area (Å²) in [5.74, 6) is -1.04. The second kappa shape index (κ2) is 7.46. The lowest BCUT2D eigenvalue weighted by atomic mass is 10.1. The third-order valence-electron chi connectivity index (χ3n) is 4.22. The summed E-state index contributed by atoms with van der Waals surface area (Å²) in [5.41, 5.74) is 6.59. The minimum Gasteiger partial charge on any atom is -0.366 e. The van der Waals surface area contributed by atoms with Crippen molar-refractivity contribution in [2.24, 2.45) is 5.73 Å². The Bertz CT molecular complexity index is 1260. The summed E-state index contributed by atoms with van der Waals surface area (Å²) in [7, 11) is 0. The summed E-state index contributed by atoms with van der Waals surface area (Å²) >= 11 is 2.48. The summed E-state index contributed by atoms with van der Waals surface area (Å²) in [6.45, 7) is 0. The minimum atomic E-state index is -0.634. The number of hydrogen-bond acceptors (Lipinski definition) is 6. The van der Waals surface area contributed by atoms with E-state index in [1.807, 2.05) is 30.3 Å². The summed E-state index contributed by atoms with van der Waals surface area (Å²) in [6, 6.07) is 17.2. The van der Waals surface area contributed by atoms with Gasteiger partial charge in [0.25, 0.3) is 17.5 Å². The molecule has 0 aliphatic heterocycles. The lowest BCUT2D eigenvalue weighted by molar-refractivity contribution is -0.384. The van der Waals surface area contributed by atoms with E-state index in [1.54, 1.807) is 18.2 Å². The van der Waals surface area contributed by atoms with Gasteiger partial charge in [0.1, 0.15) is 5.00 Å². The van der Waals surface area contributed by atoms with Gasteiger partial charge >= 0.3 is 0 Å². The first kappa shape index (κ1) is 18.8. The highest BCUT2D eigenvalue weighted by Crippen LogP contribution is 2.36. The molecule has 2 aromatic heterocycles. The van der Waals surface area contributed by atoms with E-state index in [4.69, 9.17) is 5.73 Å². The summed E-state index contributed by atoms with van der Waals surface area (Å²) < 4.78 is 0.757. The zero-order chi connectivity index (χ0) is 20.5. The van der Waals surface area contributed by atoms with Crippen LogP contribution in [0.4, 0.5) is 10.7 Å². The fourth-order valence-electron chi connectivity index (χ4n) is 2.83. The second-order valence-corrected chi connectivity index (χ2v) is 8.26. The Morgan fingerprint density at radius 3 is 2.45 bits per heavy atom. The number of rotatable bonds is 5. The fourth-order valence-corrected chi connectivity index (χ4v) is 4.83. The van der Waals surface area contributed by atoms with Gasteiger partial charge in [0.2, 0.25) is 0 Å². The van der Waals surface area contributed by atoms with Crippen LogP contribution in [0.5, 0.6) is 0 Å². The van der Waals surface area contributed by atoms with E-state index in [2.05, 4.69) is 5.32 Å². The number of nitrogens with one attached hydrogen (secondary N) is 1. The van der Waals surface area contributed by atoms with Crippen LogP contribution in [0.15, 0.2) is 60.7 Å². The van der Waals surface area contributed by atoms with Crippen LogP contribution < -0.4 is 11.1 Å². The number of non-ortho nitro benzene ring substituents is 1. The van der Waals surface area contributed by atoms with Crippen LogP contribution >= 0.6 is 22.7 Å². The number of nitro groups is 1. The largest absolute Gasteiger partial charge is 0.366 e. The average Bonchev–Trinajstić information content (AvgIpc) is 3.32. The number of carbonyl (C=O) groups excluding carboxylic acids is 2. The van der Waals surface area contributed by atoms with Crippen molar-refractivity contribution >= 4 is 55.3 Å². The van der Waals surface area contributed by atoms with E-state index in [0.29, 0.717) is 15.3 Å². The molecule has 0 fully saturated rings. The first-order valence-electron chi connectivity index (χ1n) is 8.41. The highest BCUT2D eigenvalue weighted by molar-refractivity contribution is 7.21. The molecule has 0 saturated carbocycles. The average molecular weight is 423 g/mol. The molecule has 2 aromatic carbocycles. The van der Waals surface area contributed by atoms with Gasteiger partial charge in [-0.2, -0.15) is 0 Å². The molecule has 0 atom stereocenters. The fraction of sp³-hybridized carbons (Fsp3) is 0. The maximum absolute atomic E-state index is 12.7. The number of hydrogen-bond donors (Lipinski definition) is 2. The Balaban J connectivity index is 1.66. The molecule has 0 saturated heterocycles. The molecular formula is C20H13N3O4S2. The lowest BCUT2D eigenvalue weighted by Gasteiger charge is -2.02. The molecule has 144 valence electrons. The topological polar surface area (TPSA) is 115 Å². The second-order valence-electron chi connectivity index (χ2n) is 6.13. The molecule has 29 heavy (non-hydrogen) atoms. The van der Waals surface area contributed by atoms with E-state index in [0.717, 1.165) is 15.1 Å². The number of primary amides is 1. The van der Waals surface area contributed by atoms with Crippen LogP contribution in [0, 0.1) is 10.1 Å². The number of fused-ring (bicyclic) bond motifs is 1. The van der Waals surface area contributed by atoms with Crippen molar-refractivity contribution in [3.8, 4) is 10.4 Å². The van der Waals surface area contributed by atoms with E-state index in [-0.39, 0.29) is 11.3 Å². The number of nitrogens with two attached hydrogens (primary N) is 1. The molecule has 4 rings (SSSR count). The molecule has 0 aliphatic carbocycles. The Morgan fingerprint density at radius 1 is 1.00 bits per heavy atom. The van der Waals surface area contributed by atoms with Crippen LogP contribution in [0.25, 0.3) is 20.5 Å². The van der Waals surface area contributed by atoms with Gasteiger partial charge in [-0.25, -0.2) is 0 Å². The van der Waals surface area contributed by atoms with Gasteiger partial charge in [-0.3, -0.25) is 19.7 Å². The number of nitro benzene ring substituents is 1. The Kier molecular flexibility index (Phi) is 4.83. The van der Waals surface area contributed by atoms with Crippen molar-refractivity contribution in [3.05, 3.63) is 81.2 Å². The Hall–Kier alpha value is -3.56. The van der Waals surface area contributed by atoms with Gasteiger partial charge in [-0.15, -0.1) is 22.7 Å². The smallest absolute Gasteiger partial charge is 0.270 e. The van der Waals surface area contributed by atoms with Crippen LogP contribution in [-0.4, -0.2) is 16.7 Å². The number of nitrogens with zero attached hydrogens (tertiary/aromatic N) is 1. The molecule has 9 heteroatoms. The van der Waals surface area contributed by atoms with Crippen LogP contribution in [0.1, 0.15) is 20.0 Å². The van der Waals surface area contributed by atoms with Crippen molar-refractivity contribution in [2.45, 2.75) is 0 Å². The Labute approximate surface area is 172 Å². The highest BCUT2D eigenvalue weighted by atomic mass is 32.1. The van der Waals surface area contributed by atoms with Gasteiger partial charge in [0.15, 0.2) is 0 Å². The maximum Gasteiger partial charge on any atom is 0.270 e. The number of amides is 2. The summed E-state index contributed by atoms with van der Waals surface area (Å²) in [6.07, 6.45) is 0. The third-order valence-corrected chi connectivity index (χ3v) is 6.43. The van der Waals surface area contributed by atoms with Crippen LogP contribution in [0.2, 0.25) is 0 Å². The van der Waals surface area contributed by atoms with Gasteiger partial charge in [0.05, 0.1) is 15.4 Å². The third kappa shape index (κ3) is 3.73. The van der Waals surface area contributed by atoms with E-state index >= 15 is 0 Å². The van der Waals surface area contributed by atoms with E-state index in [1.165, 1.54) is 34.8 Å². The van der Waals surface area contributed by atoms with Crippen molar-refractivity contribution in [2.75, 3.05) is 5.32 Å². The molecule has 0 unspecified atom stereocenters. The number of anilines is 1. The zero-order valence-electron chi connectivity index (χ0n) is 14.7.